The molecule has 3 aromatic carbocycles. The van der Waals surface area contributed by atoms with Gasteiger partial charge in [0, 0.05) is 31.9 Å². The van der Waals surface area contributed by atoms with Crippen molar-refractivity contribution >= 4 is 11.6 Å². The van der Waals surface area contributed by atoms with Crippen LogP contribution in [0.4, 0.5) is 5.69 Å². The minimum atomic E-state index is -4.69. The molecule has 9 heteroatoms. The van der Waals surface area contributed by atoms with E-state index in [2.05, 4.69) is 88.8 Å². The second kappa shape index (κ2) is 13.5. The number of nitrogens with one attached hydrogen (secondary N) is 1. The third kappa shape index (κ3) is 9.00. The van der Waals surface area contributed by atoms with Gasteiger partial charge in [-0.2, -0.15) is 14.0 Å². The quantitative estimate of drug-likeness (QED) is 0.470. The smallest absolute Gasteiger partial charge is 0.238 e. The average Bonchev–Trinajstić information content (AvgIpc) is 2.86. The Labute approximate surface area is 214 Å². The average molecular weight is 514 g/mol. The Kier molecular flexibility index (Phi) is 10.4. The van der Waals surface area contributed by atoms with E-state index >= 15 is 0 Å². The van der Waals surface area contributed by atoms with E-state index in [0.29, 0.717) is 6.54 Å². The third-order valence-electron chi connectivity index (χ3n) is 6.04. The van der Waals surface area contributed by atoms with Gasteiger partial charge in [-0.25, -0.2) is 0 Å². The zero-order chi connectivity index (χ0) is 26.0. The maximum atomic E-state index is 12.6. The number of piperazine rings is 1. The molecule has 192 valence electrons. The second-order valence-electron chi connectivity index (χ2n) is 8.49. The molecular weight excluding hydrogens is 482 g/mol. The summed E-state index contributed by atoms with van der Waals surface area (Å²) in [6.45, 7) is 6.20. The highest BCUT2D eigenvalue weighted by Crippen LogP contribution is 2.29. The number of rotatable bonds is 7. The first-order valence-corrected chi connectivity index (χ1v) is 13.1. The summed E-state index contributed by atoms with van der Waals surface area (Å²) in [5, 5.41) is 3.10. The maximum Gasteiger partial charge on any atom is 0.238 e. The van der Waals surface area contributed by atoms with Gasteiger partial charge in [-0.3, -0.25) is 14.6 Å². The summed E-state index contributed by atoms with van der Waals surface area (Å²) in [6.07, 6.45) is 0.912. The van der Waals surface area contributed by atoms with E-state index in [1.807, 2.05) is 18.2 Å². The van der Waals surface area contributed by atoms with Crippen LogP contribution < -0.4 is 19.3 Å². The molecule has 1 amide bonds. The third-order valence-corrected chi connectivity index (χ3v) is 6.04. The number of carbonyl (C=O) groups is 1. The van der Waals surface area contributed by atoms with Crippen LogP contribution in [0.1, 0.15) is 29.7 Å². The fourth-order valence-corrected chi connectivity index (χ4v) is 4.41. The zero-order valence-electron chi connectivity index (χ0n) is 20.3. The Morgan fingerprint density at radius 1 is 0.861 bits per heavy atom. The molecular formula is C27H32ClN3O5. The normalized spacial score (nSPS) is 14.7. The van der Waals surface area contributed by atoms with Gasteiger partial charge in [0.1, 0.15) is 0 Å². The lowest BCUT2D eigenvalue weighted by Gasteiger charge is -2.39. The molecule has 0 aliphatic carbocycles. The molecule has 1 heterocycles. The van der Waals surface area contributed by atoms with Crippen LogP contribution in [0.25, 0.3) is 0 Å². The van der Waals surface area contributed by atoms with Gasteiger partial charge in [0.15, 0.2) is 0 Å². The van der Waals surface area contributed by atoms with E-state index in [0.717, 1.165) is 38.3 Å². The molecule has 0 aromatic heterocycles. The van der Waals surface area contributed by atoms with Crippen LogP contribution in [0.3, 0.4) is 0 Å². The van der Waals surface area contributed by atoms with Crippen molar-refractivity contribution in [3.63, 3.8) is 0 Å². The molecule has 1 saturated heterocycles. The van der Waals surface area contributed by atoms with Crippen LogP contribution in [0.15, 0.2) is 84.9 Å². The van der Waals surface area contributed by atoms with Crippen molar-refractivity contribution in [3.05, 3.63) is 102 Å². The van der Waals surface area contributed by atoms with Crippen molar-refractivity contribution in [1.82, 2.24) is 9.80 Å². The summed E-state index contributed by atoms with van der Waals surface area (Å²) in [5.74, 6) is 0.0667. The standard InChI is InChI=1S/C27H31N3O.ClHO4/c1-2-22-11-9-10-16-25(22)28-26(31)21-29-17-19-30(20-18-29)27(23-12-5-3-6-13-23)24-14-7-4-8-15-24;2-1(3,4)5/h3-16,27H,2,17-21H2,1H3,(H,28,31);(H,2,3,4,5). The molecule has 3 aromatic rings. The molecule has 0 spiro atoms. The molecule has 1 aliphatic rings. The van der Waals surface area contributed by atoms with E-state index in [1.165, 1.54) is 16.7 Å². The molecule has 4 rings (SSSR count). The van der Waals surface area contributed by atoms with Gasteiger partial charge in [-0.1, -0.05) is 85.8 Å². The number of hydrogen-bond donors (Lipinski definition) is 2. The number of para-hydroxylation sites is 1. The van der Waals surface area contributed by atoms with Crippen LogP contribution in [-0.2, 0) is 11.2 Å². The summed E-state index contributed by atoms with van der Waals surface area (Å²) >= 11 is 0. The van der Waals surface area contributed by atoms with Crippen LogP contribution in [0.2, 0.25) is 0 Å². The summed E-state index contributed by atoms with van der Waals surface area (Å²) in [5.41, 5.74) is 4.74. The molecule has 2 N–H and O–H groups in total. The highest BCUT2D eigenvalue weighted by molar-refractivity contribution is 5.93. The molecule has 36 heavy (non-hydrogen) atoms. The van der Waals surface area contributed by atoms with Crippen LogP contribution in [0.5, 0.6) is 0 Å². The lowest BCUT2D eigenvalue weighted by Crippen LogP contribution is -2.58. The van der Waals surface area contributed by atoms with E-state index in [-0.39, 0.29) is 11.9 Å². The number of anilines is 1. The fourth-order valence-electron chi connectivity index (χ4n) is 4.41. The van der Waals surface area contributed by atoms with E-state index in [9.17, 15) is 4.79 Å². The first kappa shape index (κ1) is 27.8. The molecule has 8 nitrogen and oxygen atoms in total. The summed E-state index contributed by atoms with van der Waals surface area (Å²) in [4.78, 5) is 17.4. The van der Waals surface area contributed by atoms with Gasteiger partial charge in [-0.15, -0.1) is 0 Å². The van der Waals surface area contributed by atoms with Gasteiger partial charge in [-0.05, 0) is 29.2 Å². The van der Waals surface area contributed by atoms with E-state index in [4.69, 9.17) is 18.6 Å². The van der Waals surface area contributed by atoms with Crippen molar-refractivity contribution < 1.29 is 33.7 Å². The lowest BCUT2D eigenvalue weighted by atomic mass is 9.96. The minimum Gasteiger partial charge on any atom is -0.325 e. The number of halogens is 1. The van der Waals surface area contributed by atoms with Crippen molar-refractivity contribution in [3.8, 4) is 0 Å². The summed E-state index contributed by atoms with van der Waals surface area (Å²) in [7, 11) is -4.69. The first-order valence-electron chi connectivity index (χ1n) is 11.8. The van der Waals surface area contributed by atoms with Crippen LogP contribution in [-0.4, -0.2) is 53.1 Å². The Morgan fingerprint density at radius 3 is 1.83 bits per heavy atom. The van der Waals surface area contributed by atoms with Crippen molar-refractivity contribution in [2.45, 2.75) is 19.4 Å². The predicted octanol–water partition coefficient (Wildman–Crippen LogP) is 0.471. The lowest BCUT2D eigenvalue weighted by molar-refractivity contribution is -1.92. The Balaban J connectivity index is 0.000000658. The second-order valence-corrected chi connectivity index (χ2v) is 9.28. The van der Waals surface area contributed by atoms with Crippen molar-refractivity contribution in [1.29, 1.82) is 0 Å². The van der Waals surface area contributed by atoms with E-state index in [1.54, 1.807) is 0 Å². The summed E-state index contributed by atoms with van der Waals surface area (Å²) in [6, 6.07) is 29.7. The molecule has 1 fully saturated rings. The molecule has 0 atom stereocenters. The molecule has 0 saturated carbocycles. The number of nitrogens with zero attached hydrogens (tertiary/aromatic N) is 2. The molecule has 1 aliphatic heterocycles. The van der Waals surface area contributed by atoms with Crippen LogP contribution >= 0.6 is 0 Å². The van der Waals surface area contributed by atoms with Gasteiger partial charge in [0.25, 0.3) is 0 Å². The molecule has 0 bridgehead atoms. The number of hydrogen-bond acceptors (Lipinski definition) is 7. The SMILES string of the molecule is CCc1ccccc1NC(=O)CN1CCN(C(c2ccccc2)c2ccccc2)CC1.[O-][Cl+3]([O-])([O-])O. The van der Waals surface area contributed by atoms with Gasteiger partial charge >= 0.3 is 0 Å². The van der Waals surface area contributed by atoms with Crippen molar-refractivity contribution in [2.24, 2.45) is 0 Å². The maximum absolute atomic E-state index is 12.6. The van der Waals surface area contributed by atoms with Crippen LogP contribution in [0, 0.1) is 10.2 Å². The summed E-state index contributed by atoms with van der Waals surface area (Å²) < 4.78 is 32.7. The number of aryl methyl sites for hydroxylation is 1. The Bertz CT molecular complexity index is 1030. The zero-order valence-corrected chi connectivity index (χ0v) is 21.0. The first-order chi connectivity index (χ1) is 17.2. The van der Waals surface area contributed by atoms with Gasteiger partial charge in [0.05, 0.1) is 27.5 Å². The van der Waals surface area contributed by atoms with Crippen molar-refractivity contribution in [2.75, 3.05) is 38.0 Å². The fraction of sp³-hybridized carbons (Fsp3) is 0.296. The largest absolute Gasteiger partial charge is 0.325 e. The highest BCUT2D eigenvalue weighted by Gasteiger charge is 2.27. The molecule has 0 unspecified atom stereocenters. The number of amides is 1. The number of carbonyl (C=O) groups excluding carboxylic acids is 1. The van der Waals surface area contributed by atoms with Gasteiger partial charge < -0.3 is 5.32 Å². The minimum absolute atomic E-state index is 0.0667. The highest BCUT2D eigenvalue weighted by atomic mass is 35.7. The topological polar surface area (TPSA) is 125 Å². The Morgan fingerprint density at radius 2 is 1.33 bits per heavy atom. The molecule has 0 radical (unpaired) electrons. The predicted molar refractivity (Wildman–Crippen MR) is 129 cm³/mol. The Hall–Kier alpha value is -2.82. The van der Waals surface area contributed by atoms with Gasteiger partial charge in [0.2, 0.25) is 5.91 Å². The monoisotopic (exact) mass is 513 g/mol. The van der Waals surface area contributed by atoms with E-state index < -0.39 is 10.2 Å². The number of benzene rings is 3.